The highest BCUT2D eigenvalue weighted by molar-refractivity contribution is 7.99. The number of nitrogens with one attached hydrogen (secondary N) is 1. The second-order valence-electron chi connectivity index (χ2n) is 7.23. The van der Waals surface area contributed by atoms with Gasteiger partial charge in [0.05, 0.1) is 17.5 Å². The number of thioether (sulfide) groups is 1. The van der Waals surface area contributed by atoms with Crippen LogP contribution >= 0.6 is 23.1 Å². The topological polar surface area (TPSA) is 50.2 Å². The van der Waals surface area contributed by atoms with E-state index in [9.17, 15) is 4.79 Å². The molecule has 1 saturated heterocycles. The molecule has 0 aliphatic carbocycles. The van der Waals surface area contributed by atoms with Crippen LogP contribution < -0.4 is 5.32 Å². The van der Waals surface area contributed by atoms with Gasteiger partial charge in [0.2, 0.25) is 5.91 Å². The highest BCUT2D eigenvalue weighted by Crippen LogP contribution is 2.28. The molecule has 1 amide bonds. The van der Waals surface area contributed by atoms with Gasteiger partial charge in [-0.3, -0.25) is 14.3 Å². The van der Waals surface area contributed by atoms with E-state index in [1.165, 1.54) is 35.0 Å². The zero-order chi connectivity index (χ0) is 20.1. The first-order valence-electron chi connectivity index (χ1n) is 9.98. The summed E-state index contributed by atoms with van der Waals surface area (Å²) in [5.41, 5.74) is 2.28. The normalized spacial score (nSPS) is 15.5. The molecule has 1 N–H and O–H groups in total. The molecule has 0 saturated carbocycles. The molecule has 1 aliphatic heterocycles. The van der Waals surface area contributed by atoms with Crippen LogP contribution in [0.1, 0.15) is 29.3 Å². The average molecular weight is 427 g/mol. The van der Waals surface area contributed by atoms with Crippen molar-refractivity contribution in [3.05, 3.63) is 64.6 Å². The molecule has 5 nitrogen and oxygen atoms in total. The highest BCUT2D eigenvalue weighted by Gasteiger charge is 2.24. The summed E-state index contributed by atoms with van der Waals surface area (Å²) in [4.78, 5) is 20.8. The molecule has 2 aromatic heterocycles. The van der Waals surface area contributed by atoms with Crippen molar-refractivity contribution in [1.82, 2.24) is 19.8 Å². The summed E-state index contributed by atoms with van der Waals surface area (Å²) in [5.74, 6) is 0.412. The van der Waals surface area contributed by atoms with E-state index in [0.29, 0.717) is 12.3 Å². The Labute approximate surface area is 180 Å². The van der Waals surface area contributed by atoms with Crippen LogP contribution in [0.3, 0.4) is 0 Å². The van der Waals surface area contributed by atoms with Gasteiger partial charge in [-0.15, -0.1) is 11.3 Å². The van der Waals surface area contributed by atoms with Gasteiger partial charge in [-0.1, -0.05) is 36.0 Å². The van der Waals surface area contributed by atoms with E-state index in [-0.39, 0.29) is 11.9 Å². The van der Waals surface area contributed by atoms with Crippen molar-refractivity contribution in [3.63, 3.8) is 0 Å². The van der Waals surface area contributed by atoms with Gasteiger partial charge in [0, 0.05) is 23.8 Å². The van der Waals surface area contributed by atoms with E-state index in [2.05, 4.69) is 51.8 Å². The number of imidazole rings is 1. The number of nitrogens with zero attached hydrogens (tertiary/aromatic N) is 3. The van der Waals surface area contributed by atoms with Crippen molar-refractivity contribution in [3.8, 4) is 5.69 Å². The Balaban J connectivity index is 1.35. The number of carbonyl (C=O) groups excluding carboxylic acids is 1. The summed E-state index contributed by atoms with van der Waals surface area (Å²) < 4.78 is 2.05. The summed E-state index contributed by atoms with van der Waals surface area (Å²) in [6, 6.07) is 12.7. The summed E-state index contributed by atoms with van der Waals surface area (Å²) >= 11 is 3.25. The summed E-state index contributed by atoms with van der Waals surface area (Å²) in [7, 11) is 0. The number of aromatic nitrogens is 2. The summed E-state index contributed by atoms with van der Waals surface area (Å²) in [6.45, 7) is 4.97. The largest absolute Gasteiger partial charge is 0.353 e. The van der Waals surface area contributed by atoms with Crippen LogP contribution in [0.25, 0.3) is 5.69 Å². The molecule has 3 heterocycles. The minimum atomic E-state index is 0.0510. The lowest BCUT2D eigenvalue weighted by molar-refractivity contribution is -0.118. The van der Waals surface area contributed by atoms with Crippen molar-refractivity contribution in [1.29, 1.82) is 0 Å². The third-order valence-corrected chi connectivity index (χ3v) is 7.20. The predicted molar refractivity (Wildman–Crippen MR) is 120 cm³/mol. The van der Waals surface area contributed by atoms with Gasteiger partial charge in [-0.05, 0) is 55.9 Å². The molecule has 1 fully saturated rings. The molecule has 0 spiro atoms. The number of hydrogen-bond acceptors (Lipinski definition) is 5. The Morgan fingerprint density at radius 1 is 1.24 bits per heavy atom. The molecule has 1 aromatic carbocycles. The van der Waals surface area contributed by atoms with Gasteiger partial charge >= 0.3 is 0 Å². The third-order valence-electron chi connectivity index (χ3n) is 5.26. The third kappa shape index (κ3) is 4.91. The number of hydrogen-bond donors (Lipinski definition) is 1. The monoisotopic (exact) mass is 426 g/mol. The molecular weight excluding hydrogens is 400 g/mol. The number of para-hydroxylation sites is 1. The Morgan fingerprint density at radius 2 is 2.07 bits per heavy atom. The lowest BCUT2D eigenvalue weighted by atomic mass is 10.2. The lowest BCUT2D eigenvalue weighted by Crippen LogP contribution is -2.37. The van der Waals surface area contributed by atoms with Gasteiger partial charge in [-0.2, -0.15) is 0 Å². The average Bonchev–Trinajstić information content (AvgIpc) is 3.49. The van der Waals surface area contributed by atoms with Crippen LogP contribution in [0.5, 0.6) is 0 Å². The summed E-state index contributed by atoms with van der Waals surface area (Å²) in [6.07, 6.45) is 6.22. The fraction of sp³-hybridized carbons (Fsp3) is 0.364. The van der Waals surface area contributed by atoms with E-state index in [1.54, 1.807) is 17.5 Å². The van der Waals surface area contributed by atoms with Crippen molar-refractivity contribution < 1.29 is 4.79 Å². The molecule has 7 heteroatoms. The van der Waals surface area contributed by atoms with Gasteiger partial charge in [0.25, 0.3) is 0 Å². The Hall–Kier alpha value is -2.09. The Kier molecular flexibility index (Phi) is 6.69. The van der Waals surface area contributed by atoms with E-state index < -0.39 is 0 Å². The second-order valence-corrected chi connectivity index (χ2v) is 9.16. The molecule has 29 heavy (non-hydrogen) atoms. The molecule has 152 valence electrons. The van der Waals surface area contributed by atoms with Crippen molar-refractivity contribution in [2.24, 2.45) is 0 Å². The SMILES string of the molecule is Cc1ccccc1-n1ccnc1SCC(=O)NCC(c1cccs1)N1CCCC1. The second kappa shape index (κ2) is 9.61. The minimum absolute atomic E-state index is 0.0510. The Bertz CT molecular complexity index is 932. The first-order chi connectivity index (χ1) is 14.2. The van der Waals surface area contributed by atoms with Crippen LogP contribution in [0.15, 0.2) is 59.3 Å². The van der Waals surface area contributed by atoms with Crippen LogP contribution in [0.4, 0.5) is 0 Å². The number of amides is 1. The molecule has 1 unspecified atom stereocenters. The standard InChI is InChI=1S/C22H26N4OS2/c1-17-7-2-3-8-18(17)26-13-10-23-22(26)29-16-21(27)24-15-19(20-9-6-14-28-20)25-11-4-5-12-25/h2-3,6-10,13-14,19H,4-5,11-12,15-16H2,1H3,(H,24,27). The van der Waals surface area contributed by atoms with E-state index >= 15 is 0 Å². The summed E-state index contributed by atoms with van der Waals surface area (Å²) in [5, 5.41) is 6.10. The lowest BCUT2D eigenvalue weighted by Gasteiger charge is -2.26. The highest BCUT2D eigenvalue weighted by atomic mass is 32.2. The van der Waals surface area contributed by atoms with E-state index in [1.807, 2.05) is 22.9 Å². The maximum atomic E-state index is 12.6. The van der Waals surface area contributed by atoms with E-state index in [4.69, 9.17) is 0 Å². The maximum absolute atomic E-state index is 12.6. The number of rotatable bonds is 8. The van der Waals surface area contributed by atoms with Gasteiger partial charge in [0.15, 0.2) is 5.16 Å². The van der Waals surface area contributed by atoms with Crippen LogP contribution in [0.2, 0.25) is 0 Å². The van der Waals surface area contributed by atoms with E-state index in [0.717, 1.165) is 23.9 Å². The molecule has 1 aliphatic rings. The molecular formula is C22H26N4OS2. The zero-order valence-corrected chi connectivity index (χ0v) is 18.2. The smallest absolute Gasteiger partial charge is 0.230 e. The number of thiophene rings is 1. The van der Waals surface area contributed by atoms with Crippen LogP contribution in [0, 0.1) is 6.92 Å². The van der Waals surface area contributed by atoms with Gasteiger partial charge < -0.3 is 5.32 Å². The first kappa shape index (κ1) is 20.2. The molecule has 3 aromatic rings. The Morgan fingerprint density at radius 3 is 2.83 bits per heavy atom. The molecule has 0 bridgehead atoms. The maximum Gasteiger partial charge on any atom is 0.230 e. The van der Waals surface area contributed by atoms with Gasteiger partial charge in [0.1, 0.15) is 0 Å². The minimum Gasteiger partial charge on any atom is -0.353 e. The molecule has 1 atom stereocenters. The predicted octanol–water partition coefficient (Wildman–Crippen LogP) is 4.29. The van der Waals surface area contributed by atoms with Crippen molar-refractivity contribution in [2.45, 2.75) is 31.0 Å². The fourth-order valence-corrected chi connectivity index (χ4v) is 5.41. The van der Waals surface area contributed by atoms with Gasteiger partial charge in [-0.25, -0.2) is 4.98 Å². The quantitative estimate of drug-likeness (QED) is 0.546. The fourth-order valence-electron chi connectivity index (χ4n) is 3.75. The molecule has 4 rings (SSSR count). The number of carbonyl (C=O) groups is 1. The zero-order valence-electron chi connectivity index (χ0n) is 16.6. The van der Waals surface area contributed by atoms with Crippen LogP contribution in [-0.2, 0) is 4.79 Å². The van der Waals surface area contributed by atoms with Crippen LogP contribution in [-0.4, -0.2) is 45.7 Å². The molecule has 0 radical (unpaired) electrons. The van der Waals surface area contributed by atoms with Crippen molar-refractivity contribution in [2.75, 3.05) is 25.4 Å². The van der Waals surface area contributed by atoms with Crippen molar-refractivity contribution >= 4 is 29.0 Å². The first-order valence-corrected chi connectivity index (χ1v) is 11.8. The number of benzene rings is 1. The number of aryl methyl sites for hydroxylation is 1. The number of likely N-dealkylation sites (tertiary alicyclic amines) is 1.